The van der Waals surface area contributed by atoms with Crippen LogP contribution in [0.1, 0.15) is 47.9 Å². The zero-order valence-electron chi connectivity index (χ0n) is 24.2. The summed E-state index contributed by atoms with van der Waals surface area (Å²) < 4.78 is 5.40. The fourth-order valence-corrected chi connectivity index (χ4v) is 4.68. The predicted octanol–water partition coefficient (Wildman–Crippen LogP) is 3.24. The average Bonchev–Trinajstić information content (AvgIpc) is 3.03. The number of carbonyl (C=O) groups is 3. The number of amides is 3. The van der Waals surface area contributed by atoms with Crippen molar-refractivity contribution in [1.29, 1.82) is 0 Å². The third kappa shape index (κ3) is 7.82. The zero-order chi connectivity index (χ0) is 31.6. The van der Waals surface area contributed by atoms with Crippen LogP contribution in [0.5, 0.6) is 0 Å². The highest BCUT2D eigenvalue weighted by molar-refractivity contribution is 5.98. The number of anilines is 1. The highest BCUT2D eigenvalue weighted by Gasteiger charge is 2.26. The molecule has 0 bridgehead atoms. The first kappa shape index (κ1) is 31.3. The van der Waals surface area contributed by atoms with E-state index in [0.29, 0.717) is 16.7 Å². The van der Waals surface area contributed by atoms with Crippen LogP contribution in [0.15, 0.2) is 82.1 Å². The van der Waals surface area contributed by atoms with Gasteiger partial charge >= 0.3 is 5.63 Å². The number of aromatic nitrogens is 1. The maximum absolute atomic E-state index is 12.9. The minimum absolute atomic E-state index is 0.115. The number of nitro benzene ring substituents is 1. The summed E-state index contributed by atoms with van der Waals surface area (Å²) in [5.41, 5.74) is 0.485. The van der Waals surface area contributed by atoms with Crippen molar-refractivity contribution < 1.29 is 23.7 Å². The summed E-state index contributed by atoms with van der Waals surface area (Å²) in [5.74, 6) is -2.05. The molecule has 13 heteroatoms. The molecular formula is C31H32N6O7. The monoisotopic (exact) mass is 600 g/mol. The molecule has 0 spiro atoms. The number of fused-ring (bicyclic) bond motifs is 1. The third-order valence-electron chi connectivity index (χ3n) is 6.93. The van der Waals surface area contributed by atoms with Gasteiger partial charge in [0.15, 0.2) is 0 Å². The molecule has 2 heterocycles. The minimum atomic E-state index is -1.09. The van der Waals surface area contributed by atoms with E-state index in [1.807, 2.05) is 19.9 Å². The second-order valence-corrected chi connectivity index (χ2v) is 9.76. The third-order valence-corrected chi connectivity index (χ3v) is 6.93. The van der Waals surface area contributed by atoms with E-state index < -0.39 is 40.9 Å². The molecule has 228 valence electrons. The van der Waals surface area contributed by atoms with Gasteiger partial charge in [-0.2, -0.15) is 0 Å². The number of nitrogens with one attached hydrogen (secondary N) is 3. The molecule has 0 aliphatic rings. The van der Waals surface area contributed by atoms with Crippen LogP contribution in [0.3, 0.4) is 0 Å². The van der Waals surface area contributed by atoms with Gasteiger partial charge in [-0.15, -0.1) is 0 Å². The fourth-order valence-electron chi connectivity index (χ4n) is 4.68. The molecule has 3 amide bonds. The Kier molecular flexibility index (Phi) is 10.4. The van der Waals surface area contributed by atoms with E-state index >= 15 is 0 Å². The standard InChI is InChI=1S/C31H32N6O7/c1-3-36(4-2)22-13-12-20-15-24(31(41)44-27(20)16-22)30(40)34-19-29(39)35-25(23-10-5-6-11-26(23)37(42)43)17-28(38)33-18-21-9-7-8-14-32-21/h5-16,25H,3-4,17-19H2,1-2H3,(H,33,38)(H,34,40)(H,35,39). The van der Waals surface area contributed by atoms with E-state index in [1.165, 1.54) is 24.3 Å². The number of pyridine rings is 1. The second-order valence-electron chi connectivity index (χ2n) is 9.76. The molecule has 4 rings (SSSR count). The Labute approximate surface area is 252 Å². The van der Waals surface area contributed by atoms with E-state index in [9.17, 15) is 29.3 Å². The van der Waals surface area contributed by atoms with Crippen LogP contribution in [0.4, 0.5) is 11.4 Å². The molecule has 0 saturated carbocycles. The molecular weight excluding hydrogens is 568 g/mol. The highest BCUT2D eigenvalue weighted by Crippen LogP contribution is 2.27. The van der Waals surface area contributed by atoms with Gasteiger partial charge in [0, 0.05) is 42.5 Å². The van der Waals surface area contributed by atoms with Crippen molar-refractivity contribution in [3.05, 3.63) is 110 Å². The SMILES string of the molecule is CCN(CC)c1ccc2cc(C(=O)NCC(=O)NC(CC(=O)NCc3ccccn3)c3ccccc3[N+](=O)[O-])c(=O)oc2c1. The lowest BCUT2D eigenvalue weighted by Gasteiger charge is -2.21. The smallest absolute Gasteiger partial charge is 0.349 e. The Balaban J connectivity index is 1.46. The van der Waals surface area contributed by atoms with Crippen LogP contribution in [-0.2, 0) is 16.1 Å². The van der Waals surface area contributed by atoms with E-state index in [4.69, 9.17) is 4.42 Å². The quantitative estimate of drug-likeness (QED) is 0.118. The largest absolute Gasteiger partial charge is 0.422 e. The van der Waals surface area contributed by atoms with Crippen molar-refractivity contribution in [3.8, 4) is 0 Å². The topological polar surface area (TPSA) is 177 Å². The summed E-state index contributed by atoms with van der Waals surface area (Å²) in [6, 6.07) is 16.6. The van der Waals surface area contributed by atoms with Gasteiger partial charge in [-0.1, -0.05) is 24.3 Å². The van der Waals surface area contributed by atoms with Gasteiger partial charge in [0.25, 0.3) is 11.6 Å². The molecule has 4 aromatic rings. The molecule has 1 unspecified atom stereocenters. The van der Waals surface area contributed by atoms with Crippen LogP contribution in [0, 0.1) is 10.1 Å². The normalized spacial score (nSPS) is 11.4. The fraction of sp³-hybridized carbons (Fsp3) is 0.258. The lowest BCUT2D eigenvalue weighted by molar-refractivity contribution is -0.385. The highest BCUT2D eigenvalue weighted by atomic mass is 16.6. The molecule has 2 aromatic heterocycles. The van der Waals surface area contributed by atoms with Gasteiger partial charge in [0.1, 0.15) is 11.1 Å². The van der Waals surface area contributed by atoms with Crippen molar-refractivity contribution in [2.24, 2.45) is 0 Å². The number of hydrogen-bond donors (Lipinski definition) is 3. The van der Waals surface area contributed by atoms with Crippen LogP contribution in [0.25, 0.3) is 11.0 Å². The summed E-state index contributed by atoms with van der Waals surface area (Å²) in [4.78, 5) is 68.5. The number of para-hydroxylation sites is 1. The van der Waals surface area contributed by atoms with Crippen LogP contribution >= 0.6 is 0 Å². The number of nitro groups is 1. The van der Waals surface area contributed by atoms with Gasteiger partial charge in [-0.3, -0.25) is 29.5 Å². The van der Waals surface area contributed by atoms with Crippen LogP contribution < -0.4 is 26.5 Å². The maximum Gasteiger partial charge on any atom is 0.349 e. The first-order valence-electron chi connectivity index (χ1n) is 14.0. The number of rotatable bonds is 13. The van der Waals surface area contributed by atoms with E-state index in [2.05, 4.69) is 25.8 Å². The second kappa shape index (κ2) is 14.5. The molecule has 0 fully saturated rings. The summed E-state index contributed by atoms with van der Waals surface area (Å²) in [7, 11) is 0. The van der Waals surface area contributed by atoms with E-state index in [0.717, 1.165) is 18.8 Å². The van der Waals surface area contributed by atoms with Gasteiger partial charge in [-0.25, -0.2) is 4.79 Å². The number of hydrogen-bond acceptors (Lipinski definition) is 9. The lowest BCUT2D eigenvalue weighted by atomic mass is 10.0. The zero-order valence-corrected chi connectivity index (χ0v) is 24.2. The molecule has 3 N–H and O–H groups in total. The maximum atomic E-state index is 12.9. The van der Waals surface area contributed by atoms with Crippen molar-refractivity contribution >= 4 is 40.1 Å². The summed E-state index contributed by atoms with van der Waals surface area (Å²) in [5, 5.41) is 19.9. The molecule has 13 nitrogen and oxygen atoms in total. The van der Waals surface area contributed by atoms with Crippen LogP contribution in [-0.4, -0.2) is 47.3 Å². The molecule has 1 atom stereocenters. The minimum Gasteiger partial charge on any atom is -0.422 e. The summed E-state index contributed by atoms with van der Waals surface area (Å²) >= 11 is 0. The Morgan fingerprint density at radius 1 is 0.977 bits per heavy atom. The first-order chi connectivity index (χ1) is 21.2. The number of benzene rings is 2. The molecule has 0 radical (unpaired) electrons. The summed E-state index contributed by atoms with van der Waals surface area (Å²) in [6.45, 7) is 5.11. The molecule has 0 aliphatic heterocycles. The van der Waals surface area contributed by atoms with Gasteiger partial charge in [0.05, 0.1) is 41.7 Å². The van der Waals surface area contributed by atoms with Crippen molar-refractivity contribution in [3.63, 3.8) is 0 Å². The molecule has 44 heavy (non-hydrogen) atoms. The van der Waals surface area contributed by atoms with Gasteiger partial charge in [-0.05, 0) is 44.2 Å². The molecule has 0 aliphatic carbocycles. The predicted molar refractivity (Wildman–Crippen MR) is 163 cm³/mol. The Bertz CT molecular complexity index is 1720. The van der Waals surface area contributed by atoms with Crippen molar-refractivity contribution in [1.82, 2.24) is 20.9 Å². The van der Waals surface area contributed by atoms with Gasteiger partial charge < -0.3 is 25.3 Å². The van der Waals surface area contributed by atoms with Crippen molar-refractivity contribution in [2.45, 2.75) is 32.9 Å². The number of nitrogens with zero attached hydrogens (tertiary/aromatic N) is 3. The Morgan fingerprint density at radius 3 is 2.43 bits per heavy atom. The van der Waals surface area contributed by atoms with Gasteiger partial charge in [0.2, 0.25) is 11.8 Å². The Morgan fingerprint density at radius 2 is 1.73 bits per heavy atom. The number of carbonyl (C=O) groups excluding carboxylic acids is 3. The Hall–Kier alpha value is -5.59. The van der Waals surface area contributed by atoms with Crippen molar-refractivity contribution in [2.75, 3.05) is 24.5 Å². The molecule has 2 aromatic carbocycles. The van der Waals surface area contributed by atoms with E-state index in [-0.39, 0.29) is 29.8 Å². The van der Waals surface area contributed by atoms with E-state index in [1.54, 1.807) is 42.6 Å². The molecule has 0 saturated heterocycles. The average molecular weight is 601 g/mol. The summed E-state index contributed by atoms with van der Waals surface area (Å²) in [6.07, 6.45) is 1.26. The lowest BCUT2D eigenvalue weighted by Crippen LogP contribution is -2.41. The first-order valence-corrected chi connectivity index (χ1v) is 14.0. The van der Waals surface area contributed by atoms with Crippen LogP contribution in [0.2, 0.25) is 0 Å².